The van der Waals surface area contributed by atoms with Gasteiger partial charge in [0, 0.05) is 24.7 Å². The van der Waals surface area contributed by atoms with E-state index in [-0.39, 0.29) is 17.7 Å². The molecule has 0 spiro atoms. The summed E-state index contributed by atoms with van der Waals surface area (Å²) in [5.74, 6) is 0. The first-order valence-electron chi connectivity index (χ1n) is 4.15. The molecule has 1 saturated heterocycles. The van der Waals surface area contributed by atoms with Gasteiger partial charge >= 0.3 is 0 Å². The predicted molar refractivity (Wildman–Crippen MR) is 45.6 cm³/mol. The molecule has 0 amide bonds. The van der Waals surface area contributed by atoms with Gasteiger partial charge in [-0.25, -0.2) is 0 Å². The Balaban J connectivity index is 2.37. The molecular weight excluding hydrogens is 140 g/mol. The molecule has 0 bridgehead atoms. The molecule has 0 unspecified atom stereocenters. The van der Waals surface area contributed by atoms with E-state index in [2.05, 4.69) is 31.4 Å². The Labute approximate surface area is 68.2 Å². The van der Waals surface area contributed by atoms with Gasteiger partial charge in [-0.3, -0.25) is 0 Å². The molecule has 0 aromatic heterocycles. The van der Waals surface area contributed by atoms with E-state index >= 15 is 0 Å². The topological polar surface area (TPSA) is 44.3 Å². The molecule has 1 fully saturated rings. The van der Waals surface area contributed by atoms with Crippen molar-refractivity contribution in [3.8, 4) is 0 Å². The van der Waals surface area contributed by atoms with Crippen molar-refractivity contribution in [3.05, 3.63) is 0 Å². The molecule has 3 nitrogen and oxygen atoms in total. The number of hydrogen-bond acceptors (Lipinski definition) is 3. The second-order valence-corrected chi connectivity index (χ2v) is 4.23. The molecular formula is C8H18N2O. The molecule has 1 aliphatic rings. The lowest BCUT2D eigenvalue weighted by Crippen LogP contribution is -2.49. The zero-order valence-electron chi connectivity index (χ0n) is 7.52. The number of hydrogen-bond donors (Lipinski definition) is 3. The fourth-order valence-corrected chi connectivity index (χ4v) is 1.37. The molecule has 66 valence electrons. The SMILES string of the molecule is CC(C)(C)N[C@@H]1CNC[C@H]1O. The minimum absolute atomic E-state index is 0.0949. The van der Waals surface area contributed by atoms with Crippen LogP contribution in [0.1, 0.15) is 20.8 Å². The molecule has 2 atom stereocenters. The van der Waals surface area contributed by atoms with Crippen molar-refractivity contribution in [1.29, 1.82) is 0 Å². The van der Waals surface area contributed by atoms with Crippen molar-refractivity contribution >= 4 is 0 Å². The smallest absolute Gasteiger partial charge is 0.0829 e. The summed E-state index contributed by atoms with van der Waals surface area (Å²) >= 11 is 0. The first kappa shape index (κ1) is 8.97. The fraction of sp³-hybridized carbons (Fsp3) is 1.00. The minimum Gasteiger partial charge on any atom is -0.390 e. The van der Waals surface area contributed by atoms with E-state index in [1.54, 1.807) is 0 Å². The van der Waals surface area contributed by atoms with Crippen LogP contribution >= 0.6 is 0 Å². The van der Waals surface area contributed by atoms with Crippen molar-refractivity contribution < 1.29 is 5.11 Å². The van der Waals surface area contributed by atoms with Gasteiger partial charge in [-0.15, -0.1) is 0 Å². The van der Waals surface area contributed by atoms with Gasteiger partial charge in [-0.05, 0) is 20.8 Å². The van der Waals surface area contributed by atoms with Crippen LogP contribution in [0.5, 0.6) is 0 Å². The number of rotatable bonds is 1. The molecule has 3 heteroatoms. The second kappa shape index (κ2) is 3.09. The van der Waals surface area contributed by atoms with Crippen LogP contribution in [-0.2, 0) is 0 Å². The third-order valence-electron chi connectivity index (χ3n) is 1.80. The summed E-state index contributed by atoms with van der Waals surface area (Å²) in [7, 11) is 0. The van der Waals surface area contributed by atoms with Gasteiger partial charge in [-0.2, -0.15) is 0 Å². The molecule has 3 N–H and O–H groups in total. The monoisotopic (exact) mass is 158 g/mol. The van der Waals surface area contributed by atoms with E-state index in [0.717, 1.165) is 6.54 Å². The van der Waals surface area contributed by atoms with E-state index in [1.165, 1.54) is 0 Å². The Morgan fingerprint density at radius 3 is 2.36 bits per heavy atom. The van der Waals surface area contributed by atoms with Crippen LogP contribution in [0.2, 0.25) is 0 Å². The first-order valence-corrected chi connectivity index (χ1v) is 4.15. The second-order valence-electron chi connectivity index (χ2n) is 4.23. The lowest BCUT2D eigenvalue weighted by Gasteiger charge is -2.27. The van der Waals surface area contributed by atoms with Gasteiger partial charge in [0.1, 0.15) is 0 Å². The van der Waals surface area contributed by atoms with Crippen LogP contribution in [-0.4, -0.2) is 35.9 Å². The van der Waals surface area contributed by atoms with Crippen molar-refractivity contribution in [1.82, 2.24) is 10.6 Å². The summed E-state index contributed by atoms with van der Waals surface area (Å²) in [5.41, 5.74) is 0.0949. The van der Waals surface area contributed by atoms with Crippen LogP contribution in [0.3, 0.4) is 0 Å². The molecule has 0 aliphatic carbocycles. The van der Waals surface area contributed by atoms with Gasteiger partial charge in [0.05, 0.1) is 6.10 Å². The molecule has 0 saturated carbocycles. The summed E-state index contributed by atoms with van der Waals surface area (Å²) in [4.78, 5) is 0. The van der Waals surface area contributed by atoms with E-state index in [0.29, 0.717) is 6.54 Å². The molecule has 11 heavy (non-hydrogen) atoms. The molecule has 0 aromatic carbocycles. The third kappa shape index (κ3) is 2.77. The van der Waals surface area contributed by atoms with E-state index in [9.17, 15) is 5.11 Å². The third-order valence-corrected chi connectivity index (χ3v) is 1.80. The highest BCUT2D eigenvalue weighted by Gasteiger charge is 2.27. The van der Waals surface area contributed by atoms with Crippen LogP contribution in [0.15, 0.2) is 0 Å². The summed E-state index contributed by atoms with van der Waals surface area (Å²) < 4.78 is 0. The predicted octanol–water partition coefficient (Wildman–Crippen LogP) is -0.293. The van der Waals surface area contributed by atoms with Crippen molar-refractivity contribution in [3.63, 3.8) is 0 Å². The van der Waals surface area contributed by atoms with Crippen LogP contribution < -0.4 is 10.6 Å². The van der Waals surface area contributed by atoms with Crippen LogP contribution in [0.25, 0.3) is 0 Å². The van der Waals surface area contributed by atoms with Gasteiger partial charge in [0.2, 0.25) is 0 Å². The molecule has 0 radical (unpaired) electrons. The number of nitrogens with one attached hydrogen (secondary N) is 2. The van der Waals surface area contributed by atoms with Crippen LogP contribution in [0.4, 0.5) is 0 Å². The van der Waals surface area contributed by atoms with Gasteiger partial charge in [0.25, 0.3) is 0 Å². The van der Waals surface area contributed by atoms with E-state index in [1.807, 2.05) is 0 Å². The molecule has 0 aromatic rings. The highest BCUT2D eigenvalue weighted by Crippen LogP contribution is 2.06. The quantitative estimate of drug-likeness (QED) is 0.491. The number of aliphatic hydroxyl groups excluding tert-OH is 1. The highest BCUT2D eigenvalue weighted by atomic mass is 16.3. The summed E-state index contributed by atoms with van der Waals surface area (Å²) in [6.07, 6.45) is -0.228. The number of β-amino-alcohol motifs (C(OH)–C–C–N with tert-alkyl or cyclic N) is 1. The summed E-state index contributed by atoms with van der Waals surface area (Å²) in [5, 5.41) is 15.9. The maximum Gasteiger partial charge on any atom is 0.0829 e. The van der Waals surface area contributed by atoms with Crippen molar-refractivity contribution in [2.24, 2.45) is 0 Å². The maximum absolute atomic E-state index is 9.43. The summed E-state index contributed by atoms with van der Waals surface area (Å²) in [6.45, 7) is 7.92. The maximum atomic E-state index is 9.43. The number of aliphatic hydroxyl groups is 1. The standard InChI is InChI=1S/C8H18N2O/c1-8(2,3)10-6-4-9-5-7(6)11/h6-7,9-11H,4-5H2,1-3H3/t6-,7-/m1/s1. The lowest BCUT2D eigenvalue weighted by molar-refractivity contribution is 0.148. The Morgan fingerprint density at radius 2 is 2.00 bits per heavy atom. The van der Waals surface area contributed by atoms with Gasteiger partial charge in [0.15, 0.2) is 0 Å². The van der Waals surface area contributed by atoms with E-state index in [4.69, 9.17) is 0 Å². The Kier molecular flexibility index (Phi) is 2.52. The van der Waals surface area contributed by atoms with Gasteiger partial charge < -0.3 is 15.7 Å². The highest BCUT2D eigenvalue weighted by molar-refractivity contribution is 4.90. The molecule has 1 heterocycles. The molecule has 1 rings (SSSR count). The van der Waals surface area contributed by atoms with Crippen molar-refractivity contribution in [2.45, 2.75) is 38.5 Å². The average molecular weight is 158 g/mol. The normalized spacial score (nSPS) is 32.7. The van der Waals surface area contributed by atoms with Crippen molar-refractivity contribution in [2.75, 3.05) is 13.1 Å². The zero-order chi connectivity index (χ0) is 8.48. The average Bonchev–Trinajstić information content (AvgIpc) is 2.12. The lowest BCUT2D eigenvalue weighted by atomic mass is 10.1. The van der Waals surface area contributed by atoms with Crippen LogP contribution in [0, 0.1) is 0 Å². The Hall–Kier alpha value is -0.120. The largest absolute Gasteiger partial charge is 0.390 e. The molecule has 1 aliphatic heterocycles. The zero-order valence-corrected chi connectivity index (χ0v) is 7.52. The van der Waals surface area contributed by atoms with E-state index < -0.39 is 0 Å². The summed E-state index contributed by atoms with van der Waals surface area (Å²) in [6, 6.07) is 0.218. The first-order chi connectivity index (χ1) is 4.99. The fourth-order valence-electron chi connectivity index (χ4n) is 1.37. The Bertz CT molecular complexity index is 131. The minimum atomic E-state index is -0.228. The Morgan fingerprint density at radius 1 is 1.36 bits per heavy atom. The van der Waals surface area contributed by atoms with Gasteiger partial charge in [-0.1, -0.05) is 0 Å².